The van der Waals surface area contributed by atoms with Crippen LogP contribution >= 0.6 is 0 Å². The highest BCUT2D eigenvalue weighted by Crippen LogP contribution is 2.66. The summed E-state index contributed by atoms with van der Waals surface area (Å²) in [5.41, 5.74) is 1.18. The summed E-state index contributed by atoms with van der Waals surface area (Å²) in [6.07, 6.45) is 12.4. The van der Waals surface area contributed by atoms with E-state index in [1.54, 1.807) is 13.0 Å². The number of aliphatic hydroxyl groups is 2. The largest absolute Gasteiger partial charge is 0.393 e. The van der Waals surface area contributed by atoms with E-state index in [1.165, 1.54) is 5.57 Å². The first-order valence-corrected chi connectivity index (χ1v) is 11.2. The lowest BCUT2D eigenvalue weighted by atomic mass is 9.56. The fraction of sp³-hybridized carbons (Fsp3) is 0.720. The Labute approximate surface area is 175 Å². The van der Waals surface area contributed by atoms with Crippen LogP contribution in [0, 0.1) is 22.7 Å². The number of rotatable bonds is 7. The van der Waals surface area contributed by atoms with Crippen LogP contribution in [0.15, 0.2) is 36.0 Å². The third kappa shape index (κ3) is 4.45. The van der Waals surface area contributed by atoms with E-state index >= 15 is 0 Å². The van der Waals surface area contributed by atoms with Crippen molar-refractivity contribution < 1.29 is 19.7 Å². The Hall–Kier alpha value is -1.23. The van der Waals surface area contributed by atoms with Gasteiger partial charge in [0.2, 0.25) is 0 Å². The number of allylic oxidation sites excluding steroid dienone is 4. The van der Waals surface area contributed by atoms with Crippen LogP contribution in [0.3, 0.4) is 0 Å². The number of hydrogen-bond donors (Lipinski definition) is 2. The molecule has 162 valence electrons. The normalized spacial score (nSPS) is 40.2. The first-order valence-electron chi connectivity index (χ1n) is 11.2. The number of ketones is 1. The minimum absolute atomic E-state index is 0.00578. The van der Waals surface area contributed by atoms with Gasteiger partial charge in [-0.3, -0.25) is 4.79 Å². The Bertz CT molecular complexity index is 706. The third-order valence-electron chi connectivity index (χ3n) is 7.83. The van der Waals surface area contributed by atoms with Crippen LogP contribution in [0.5, 0.6) is 0 Å². The topological polar surface area (TPSA) is 66.8 Å². The molecule has 29 heavy (non-hydrogen) atoms. The van der Waals surface area contributed by atoms with Gasteiger partial charge < -0.3 is 14.9 Å². The summed E-state index contributed by atoms with van der Waals surface area (Å²) in [7, 11) is 0. The summed E-state index contributed by atoms with van der Waals surface area (Å²) in [5, 5.41) is 19.7. The molecule has 2 N–H and O–H groups in total. The highest BCUT2D eigenvalue weighted by molar-refractivity contribution is 5.99. The molecule has 1 spiro atoms. The molecule has 2 saturated carbocycles. The van der Waals surface area contributed by atoms with Crippen molar-refractivity contribution in [2.45, 2.75) is 91.1 Å². The summed E-state index contributed by atoms with van der Waals surface area (Å²) >= 11 is 0. The second-order valence-corrected chi connectivity index (χ2v) is 9.98. The molecule has 0 heterocycles. The summed E-state index contributed by atoms with van der Waals surface area (Å²) in [6, 6.07) is 0. The highest BCUT2D eigenvalue weighted by Gasteiger charge is 2.63. The molecular formula is C25H38O4. The maximum Gasteiger partial charge on any atom is 0.162 e. The van der Waals surface area contributed by atoms with Gasteiger partial charge in [0.1, 0.15) is 0 Å². The number of carbonyl (C=O) groups is 1. The second-order valence-electron chi connectivity index (χ2n) is 9.98. The van der Waals surface area contributed by atoms with Crippen LogP contribution in [0.1, 0.15) is 66.7 Å². The van der Waals surface area contributed by atoms with Crippen LogP contribution in [0.2, 0.25) is 0 Å². The monoisotopic (exact) mass is 402 g/mol. The lowest BCUT2D eigenvalue weighted by molar-refractivity contribution is -0.128. The van der Waals surface area contributed by atoms with E-state index in [2.05, 4.69) is 20.8 Å². The van der Waals surface area contributed by atoms with Gasteiger partial charge in [-0.2, -0.15) is 0 Å². The fourth-order valence-electron chi connectivity index (χ4n) is 5.40. The first-order chi connectivity index (χ1) is 13.6. The average Bonchev–Trinajstić information content (AvgIpc) is 3.29. The Balaban J connectivity index is 1.61. The van der Waals surface area contributed by atoms with Gasteiger partial charge in [-0.25, -0.2) is 0 Å². The number of carbonyl (C=O) groups excluding carboxylic acids is 1. The van der Waals surface area contributed by atoms with Gasteiger partial charge in [-0.05, 0) is 69.3 Å². The first kappa shape index (κ1) is 22.5. The van der Waals surface area contributed by atoms with Crippen molar-refractivity contribution in [3.8, 4) is 0 Å². The fourth-order valence-corrected chi connectivity index (χ4v) is 5.40. The lowest BCUT2D eigenvalue weighted by Crippen LogP contribution is -2.48. The van der Waals surface area contributed by atoms with E-state index in [4.69, 9.17) is 4.74 Å². The molecule has 8 unspecified atom stereocenters. The molecule has 3 rings (SSSR count). The molecule has 0 aliphatic heterocycles. The van der Waals surface area contributed by atoms with Crippen molar-refractivity contribution in [3.63, 3.8) is 0 Å². The maximum atomic E-state index is 12.7. The quantitative estimate of drug-likeness (QED) is 0.621. The highest BCUT2D eigenvalue weighted by atomic mass is 16.5. The van der Waals surface area contributed by atoms with Crippen LogP contribution in [0.4, 0.5) is 0 Å². The molecule has 0 aromatic carbocycles. The Morgan fingerprint density at radius 1 is 1.28 bits per heavy atom. The SMILES string of the molecule is CC(O)C/C=C/C=C/C(O)C(C)OC1CCC2=CC(=O)C3(CC3C)CC2(C)C1C. The molecule has 0 aromatic heterocycles. The predicted octanol–water partition coefficient (Wildman–Crippen LogP) is 4.37. The molecule has 0 amide bonds. The van der Waals surface area contributed by atoms with Gasteiger partial charge in [-0.15, -0.1) is 0 Å². The molecular weight excluding hydrogens is 364 g/mol. The Kier molecular flexibility index (Phi) is 6.57. The van der Waals surface area contributed by atoms with Crippen molar-refractivity contribution >= 4 is 5.78 Å². The smallest absolute Gasteiger partial charge is 0.162 e. The lowest BCUT2D eigenvalue weighted by Gasteiger charge is -2.50. The van der Waals surface area contributed by atoms with E-state index in [0.717, 1.165) is 25.7 Å². The number of hydrogen-bond acceptors (Lipinski definition) is 4. The summed E-state index contributed by atoms with van der Waals surface area (Å²) in [4.78, 5) is 12.7. The molecule has 0 radical (unpaired) electrons. The Morgan fingerprint density at radius 3 is 2.59 bits per heavy atom. The van der Waals surface area contributed by atoms with E-state index < -0.39 is 6.10 Å². The van der Waals surface area contributed by atoms with E-state index in [0.29, 0.717) is 24.0 Å². The van der Waals surface area contributed by atoms with Gasteiger partial charge in [-0.1, -0.05) is 50.6 Å². The van der Waals surface area contributed by atoms with Crippen molar-refractivity contribution in [1.82, 2.24) is 0 Å². The second kappa shape index (κ2) is 8.49. The third-order valence-corrected chi connectivity index (χ3v) is 7.83. The standard InChI is InChI=1S/C25H38O4/c1-16-14-25(16)15-24(5)18(3)22(12-11-20(24)13-23(25)28)29-19(4)21(27)10-8-6-7-9-17(2)26/h6-8,10,13,16-19,21-22,26-27H,9,11-12,14-15H2,1-5H3/b7-6+,10-8+. The van der Waals surface area contributed by atoms with Gasteiger partial charge in [0.25, 0.3) is 0 Å². The molecule has 4 heteroatoms. The summed E-state index contributed by atoms with van der Waals surface area (Å²) in [5.74, 6) is 1.15. The van der Waals surface area contributed by atoms with E-state index in [9.17, 15) is 15.0 Å². The van der Waals surface area contributed by atoms with E-state index in [-0.39, 0.29) is 29.1 Å². The van der Waals surface area contributed by atoms with Crippen molar-refractivity contribution in [2.24, 2.45) is 22.7 Å². The molecule has 3 aliphatic carbocycles. The number of fused-ring (bicyclic) bond motifs is 1. The summed E-state index contributed by atoms with van der Waals surface area (Å²) in [6.45, 7) is 10.4. The number of ether oxygens (including phenoxy) is 1. The summed E-state index contributed by atoms with van der Waals surface area (Å²) < 4.78 is 6.34. The Morgan fingerprint density at radius 2 is 1.97 bits per heavy atom. The van der Waals surface area contributed by atoms with Gasteiger partial charge in [0, 0.05) is 5.41 Å². The zero-order valence-electron chi connectivity index (χ0n) is 18.6. The van der Waals surface area contributed by atoms with Gasteiger partial charge in [0.05, 0.1) is 24.4 Å². The maximum absolute atomic E-state index is 12.7. The van der Waals surface area contributed by atoms with Crippen molar-refractivity contribution in [3.05, 3.63) is 36.0 Å². The zero-order chi connectivity index (χ0) is 21.4. The molecule has 2 fully saturated rings. The zero-order valence-corrected chi connectivity index (χ0v) is 18.6. The average molecular weight is 403 g/mol. The van der Waals surface area contributed by atoms with Gasteiger partial charge >= 0.3 is 0 Å². The molecule has 0 bridgehead atoms. The minimum atomic E-state index is -0.675. The van der Waals surface area contributed by atoms with Gasteiger partial charge in [0.15, 0.2) is 5.78 Å². The van der Waals surface area contributed by atoms with Crippen molar-refractivity contribution in [2.75, 3.05) is 0 Å². The predicted molar refractivity (Wildman–Crippen MR) is 115 cm³/mol. The molecule has 0 aromatic rings. The minimum Gasteiger partial charge on any atom is -0.393 e. The number of aliphatic hydroxyl groups excluding tert-OH is 2. The van der Waals surface area contributed by atoms with Crippen LogP contribution in [0.25, 0.3) is 0 Å². The molecule has 4 nitrogen and oxygen atoms in total. The van der Waals surface area contributed by atoms with Crippen molar-refractivity contribution in [1.29, 1.82) is 0 Å². The molecule has 0 saturated heterocycles. The molecule has 8 atom stereocenters. The van der Waals surface area contributed by atoms with E-state index in [1.807, 2.05) is 31.2 Å². The van der Waals surface area contributed by atoms with Crippen LogP contribution in [-0.2, 0) is 9.53 Å². The van der Waals surface area contributed by atoms with Crippen LogP contribution < -0.4 is 0 Å². The molecule has 3 aliphatic rings. The van der Waals surface area contributed by atoms with Crippen LogP contribution in [-0.4, -0.2) is 40.4 Å².